The lowest BCUT2D eigenvalue weighted by Crippen LogP contribution is -2.41. The fourth-order valence-corrected chi connectivity index (χ4v) is 1.70. The van der Waals surface area contributed by atoms with Gasteiger partial charge in [0.05, 0.1) is 5.69 Å². The molecule has 5 nitrogen and oxygen atoms in total. The maximum absolute atomic E-state index is 12.0. The van der Waals surface area contributed by atoms with Crippen LogP contribution in [0.25, 0.3) is 0 Å². The Balaban J connectivity index is 2.07. The van der Waals surface area contributed by atoms with Crippen LogP contribution in [0.2, 0.25) is 0 Å². The minimum atomic E-state index is -0.674. The number of nitrogens with zero attached hydrogens (tertiary/aromatic N) is 1. The molecule has 20 heavy (non-hydrogen) atoms. The Morgan fingerprint density at radius 2 is 1.60 bits per heavy atom. The number of nitrogens with one attached hydrogen (secondary N) is 1. The third-order valence-corrected chi connectivity index (χ3v) is 2.64. The normalized spacial score (nSPS) is 9.80. The van der Waals surface area contributed by atoms with Gasteiger partial charge in [0.15, 0.2) is 0 Å². The van der Waals surface area contributed by atoms with E-state index in [1.807, 2.05) is 36.4 Å². The first-order valence-electron chi connectivity index (χ1n) is 6.08. The van der Waals surface area contributed by atoms with Crippen LogP contribution in [0.5, 0.6) is 0 Å². The third-order valence-electron chi connectivity index (χ3n) is 2.64. The summed E-state index contributed by atoms with van der Waals surface area (Å²) in [5, 5.41) is 7.51. The maximum atomic E-state index is 12.0. The van der Waals surface area contributed by atoms with Gasteiger partial charge in [0.1, 0.15) is 6.61 Å². The molecule has 0 aliphatic carbocycles. The van der Waals surface area contributed by atoms with E-state index >= 15 is 0 Å². The summed E-state index contributed by atoms with van der Waals surface area (Å²) in [6.45, 7) is 0.135. The van der Waals surface area contributed by atoms with Crippen LogP contribution in [0.1, 0.15) is 5.56 Å². The van der Waals surface area contributed by atoms with Crippen molar-refractivity contribution in [1.82, 2.24) is 0 Å². The molecule has 102 valence electrons. The van der Waals surface area contributed by atoms with Gasteiger partial charge in [-0.1, -0.05) is 48.5 Å². The van der Waals surface area contributed by atoms with Crippen LogP contribution in [-0.2, 0) is 11.3 Å². The van der Waals surface area contributed by atoms with Crippen molar-refractivity contribution in [2.75, 3.05) is 4.90 Å². The molecule has 5 heteroatoms. The molecule has 0 aromatic heterocycles. The maximum Gasteiger partial charge on any atom is 0.421 e. The summed E-state index contributed by atoms with van der Waals surface area (Å²) in [5.74, 6) is -0.380. The predicted octanol–water partition coefficient (Wildman–Crippen LogP) is 2.72. The van der Waals surface area contributed by atoms with Gasteiger partial charge in [-0.25, -0.2) is 9.69 Å². The third kappa shape index (κ3) is 3.35. The molecule has 2 aromatic rings. The number of nitrogens with two attached hydrogens (primary N) is 1. The van der Waals surface area contributed by atoms with Gasteiger partial charge in [0.2, 0.25) is 5.96 Å². The Kier molecular flexibility index (Phi) is 4.34. The number of amides is 1. The first kappa shape index (κ1) is 13.6. The second-order valence-electron chi connectivity index (χ2n) is 4.10. The van der Waals surface area contributed by atoms with E-state index in [2.05, 4.69) is 0 Å². The molecule has 0 spiro atoms. The van der Waals surface area contributed by atoms with Gasteiger partial charge in [0.25, 0.3) is 0 Å². The van der Waals surface area contributed by atoms with Crippen molar-refractivity contribution in [3.8, 4) is 0 Å². The molecular weight excluding hydrogens is 254 g/mol. The van der Waals surface area contributed by atoms with E-state index in [0.29, 0.717) is 5.69 Å². The van der Waals surface area contributed by atoms with E-state index in [-0.39, 0.29) is 12.6 Å². The molecule has 0 radical (unpaired) electrons. The van der Waals surface area contributed by atoms with Crippen molar-refractivity contribution in [2.45, 2.75) is 6.61 Å². The minimum absolute atomic E-state index is 0.135. The number of hydrogen-bond donors (Lipinski definition) is 2. The van der Waals surface area contributed by atoms with Crippen molar-refractivity contribution in [2.24, 2.45) is 5.73 Å². The van der Waals surface area contributed by atoms with Gasteiger partial charge < -0.3 is 10.5 Å². The summed E-state index contributed by atoms with van der Waals surface area (Å²) in [7, 11) is 0. The summed E-state index contributed by atoms with van der Waals surface area (Å²) in [6, 6.07) is 18.0. The quantitative estimate of drug-likeness (QED) is 0.664. The van der Waals surface area contributed by atoms with E-state index in [9.17, 15) is 4.79 Å². The van der Waals surface area contributed by atoms with Crippen molar-refractivity contribution in [3.05, 3.63) is 66.2 Å². The second kappa shape index (κ2) is 6.38. The zero-order chi connectivity index (χ0) is 14.4. The lowest BCUT2D eigenvalue weighted by molar-refractivity contribution is 0.150. The fraction of sp³-hybridized carbons (Fsp3) is 0.0667. The predicted molar refractivity (Wildman–Crippen MR) is 77.5 cm³/mol. The number of anilines is 1. The summed E-state index contributed by atoms with van der Waals surface area (Å²) in [5.41, 5.74) is 6.82. The first-order chi connectivity index (χ1) is 9.68. The van der Waals surface area contributed by atoms with Crippen LogP contribution in [0, 0.1) is 5.41 Å². The average Bonchev–Trinajstić information content (AvgIpc) is 2.47. The Morgan fingerprint density at radius 3 is 2.15 bits per heavy atom. The summed E-state index contributed by atoms with van der Waals surface area (Å²) in [6.07, 6.45) is -0.674. The van der Waals surface area contributed by atoms with Crippen LogP contribution < -0.4 is 10.6 Å². The van der Waals surface area contributed by atoms with Crippen molar-refractivity contribution < 1.29 is 9.53 Å². The van der Waals surface area contributed by atoms with E-state index in [4.69, 9.17) is 15.9 Å². The first-order valence-corrected chi connectivity index (χ1v) is 6.08. The van der Waals surface area contributed by atoms with Crippen molar-refractivity contribution in [3.63, 3.8) is 0 Å². The monoisotopic (exact) mass is 269 g/mol. The topological polar surface area (TPSA) is 79.4 Å². The van der Waals surface area contributed by atoms with Gasteiger partial charge in [-0.05, 0) is 17.7 Å². The molecule has 3 N–H and O–H groups in total. The molecule has 0 bridgehead atoms. The Labute approximate surface area is 117 Å². The number of guanidine groups is 1. The van der Waals surface area contributed by atoms with Gasteiger partial charge in [0, 0.05) is 0 Å². The zero-order valence-electron chi connectivity index (χ0n) is 10.8. The molecular formula is C15H15N3O2. The van der Waals surface area contributed by atoms with Crippen molar-refractivity contribution in [1.29, 1.82) is 5.41 Å². The van der Waals surface area contributed by atoms with E-state index in [0.717, 1.165) is 10.5 Å². The number of rotatable bonds is 3. The SMILES string of the molecule is N=C(N)N(C(=O)OCc1ccccc1)c1ccccc1. The molecule has 0 fully saturated rings. The lowest BCUT2D eigenvalue weighted by atomic mass is 10.2. The van der Waals surface area contributed by atoms with Gasteiger partial charge >= 0.3 is 6.09 Å². The van der Waals surface area contributed by atoms with E-state index in [1.165, 1.54) is 0 Å². The number of hydrogen-bond acceptors (Lipinski definition) is 3. The Morgan fingerprint density at radius 1 is 1.05 bits per heavy atom. The van der Waals surface area contributed by atoms with Gasteiger partial charge in [-0.15, -0.1) is 0 Å². The molecule has 0 unspecified atom stereocenters. The van der Waals surface area contributed by atoms with Crippen LogP contribution in [0.15, 0.2) is 60.7 Å². The Hall–Kier alpha value is -2.82. The lowest BCUT2D eigenvalue weighted by Gasteiger charge is -2.20. The molecule has 0 saturated carbocycles. The van der Waals surface area contributed by atoms with Crippen LogP contribution >= 0.6 is 0 Å². The van der Waals surface area contributed by atoms with E-state index < -0.39 is 6.09 Å². The highest BCUT2D eigenvalue weighted by molar-refractivity contribution is 6.11. The van der Waals surface area contributed by atoms with E-state index in [1.54, 1.807) is 24.3 Å². The largest absolute Gasteiger partial charge is 0.444 e. The molecule has 1 amide bonds. The molecule has 2 rings (SSSR count). The van der Waals surface area contributed by atoms with Crippen LogP contribution in [-0.4, -0.2) is 12.1 Å². The van der Waals surface area contributed by atoms with Crippen LogP contribution in [0.3, 0.4) is 0 Å². The highest BCUT2D eigenvalue weighted by atomic mass is 16.6. The number of carbonyl (C=O) groups is 1. The molecule has 0 saturated heterocycles. The van der Waals surface area contributed by atoms with Gasteiger partial charge in [-0.3, -0.25) is 5.41 Å². The van der Waals surface area contributed by atoms with Crippen molar-refractivity contribution >= 4 is 17.7 Å². The molecule has 0 aliphatic rings. The summed E-state index contributed by atoms with van der Waals surface area (Å²) >= 11 is 0. The van der Waals surface area contributed by atoms with Gasteiger partial charge in [-0.2, -0.15) is 0 Å². The summed E-state index contributed by atoms with van der Waals surface area (Å²) < 4.78 is 5.17. The molecule has 0 aliphatic heterocycles. The van der Waals surface area contributed by atoms with Crippen LogP contribution in [0.4, 0.5) is 10.5 Å². The highest BCUT2D eigenvalue weighted by Gasteiger charge is 2.19. The molecule has 0 atom stereocenters. The zero-order valence-corrected chi connectivity index (χ0v) is 10.8. The molecule has 2 aromatic carbocycles. The number of benzene rings is 2. The second-order valence-corrected chi connectivity index (χ2v) is 4.10. The molecule has 0 heterocycles. The minimum Gasteiger partial charge on any atom is -0.444 e. The number of para-hydroxylation sites is 1. The number of ether oxygens (including phenoxy) is 1. The number of carbonyl (C=O) groups excluding carboxylic acids is 1. The summed E-state index contributed by atoms with van der Waals surface area (Å²) in [4.78, 5) is 13.1. The fourth-order valence-electron chi connectivity index (χ4n) is 1.70. The standard InChI is InChI=1S/C15H15N3O2/c16-14(17)18(13-9-5-2-6-10-13)15(19)20-11-12-7-3-1-4-8-12/h1-10H,11H2,(H3,16,17). The smallest absolute Gasteiger partial charge is 0.421 e. The average molecular weight is 269 g/mol. The highest BCUT2D eigenvalue weighted by Crippen LogP contribution is 2.14. The Bertz CT molecular complexity index is 585.